The van der Waals surface area contributed by atoms with Crippen LogP contribution >= 0.6 is 10.5 Å². The number of carboxylic acid groups (broad SMARTS) is 1. The smallest absolute Gasteiger partial charge is 0.435 e. The maximum atomic E-state index is 13.0. The number of hydrogen-bond acceptors (Lipinski definition) is 5. The van der Waals surface area contributed by atoms with Crippen molar-refractivity contribution in [2.75, 3.05) is 13.1 Å². The fraction of sp³-hybridized carbons (Fsp3) is 0.481. The molecule has 1 saturated heterocycles. The highest BCUT2D eigenvalue weighted by atomic mass is 32.2. The molecule has 2 aromatic heterocycles. The molecule has 2 unspecified atom stereocenters. The van der Waals surface area contributed by atoms with E-state index in [1.165, 1.54) is 18.1 Å². The highest BCUT2D eigenvalue weighted by Gasteiger charge is 2.39. The average Bonchev–Trinajstić information content (AvgIpc) is 3.43. The van der Waals surface area contributed by atoms with Gasteiger partial charge in [0.2, 0.25) is 10.9 Å². The average molecular weight is 547 g/mol. The Morgan fingerprint density at radius 2 is 1.87 bits per heavy atom. The van der Waals surface area contributed by atoms with E-state index in [0.29, 0.717) is 25.9 Å². The number of carbonyl (C=O) groups is 2. The lowest BCUT2D eigenvalue weighted by Crippen LogP contribution is -2.40. The SMILES string of the molecule is Cc1cc(C(F)(F)F)nn1CC(=O)N1CCC(c2nc(C(=O)[O-])c(C3CCCc4ccccc43)[s+]2C)CC1. The maximum Gasteiger partial charge on any atom is 0.435 e. The predicted octanol–water partition coefficient (Wildman–Crippen LogP) is 4.13. The topological polar surface area (TPSA) is 91.2 Å². The maximum absolute atomic E-state index is 13.0. The monoisotopic (exact) mass is 546 g/mol. The van der Waals surface area contributed by atoms with E-state index in [2.05, 4.69) is 22.2 Å². The second-order valence-corrected chi connectivity index (χ2v) is 12.0. The molecule has 0 bridgehead atoms. The van der Waals surface area contributed by atoms with Gasteiger partial charge in [-0.05, 0) is 56.2 Å². The molecule has 1 aliphatic heterocycles. The lowest BCUT2D eigenvalue weighted by molar-refractivity contribution is -0.255. The number of alkyl halides is 3. The van der Waals surface area contributed by atoms with Crippen LogP contribution < -0.4 is 5.11 Å². The number of carbonyl (C=O) groups excluding carboxylic acids is 2. The lowest BCUT2D eigenvalue weighted by Gasteiger charge is -2.30. The zero-order valence-electron chi connectivity index (χ0n) is 21.3. The van der Waals surface area contributed by atoms with Crippen molar-refractivity contribution in [3.8, 4) is 0 Å². The van der Waals surface area contributed by atoms with Crippen LogP contribution in [0, 0.1) is 6.92 Å². The van der Waals surface area contributed by atoms with E-state index in [1.807, 2.05) is 18.4 Å². The Bertz CT molecular complexity index is 1370. The van der Waals surface area contributed by atoms with Crippen molar-refractivity contribution in [2.24, 2.45) is 6.26 Å². The van der Waals surface area contributed by atoms with Crippen molar-refractivity contribution in [1.82, 2.24) is 19.7 Å². The minimum atomic E-state index is -4.56. The molecule has 1 aromatic carbocycles. The molecule has 38 heavy (non-hydrogen) atoms. The summed E-state index contributed by atoms with van der Waals surface area (Å²) in [6, 6.07) is 9.12. The van der Waals surface area contributed by atoms with Crippen LogP contribution in [0.4, 0.5) is 13.2 Å². The first-order chi connectivity index (χ1) is 18.0. The number of halogens is 3. The molecular formula is C27H29F3N4O3S. The molecule has 0 saturated carbocycles. The number of hydrogen-bond donors (Lipinski definition) is 0. The van der Waals surface area contributed by atoms with Gasteiger partial charge in [0.05, 0.1) is 17.8 Å². The minimum Gasteiger partial charge on any atom is -0.543 e. The molecule has 7 nitrogen and oxygen atoms in total. The number of fused-ring (bicyclic) bond motifs is 1. The minimum absolute atomic E-state index is 0.00278. The lowest BCUT2D eigenvalue weighted by atomic mass is 9.81. The first-order valence-corrected chi connectivity index (χ1v) is 14.3. The predicted molar refractivity (Wildman–Crippen MR) is 134 cm³/mol. The largest absolute Gasteiger partial charge is 0.543 e. The van der Waals surface area contributed by atoms with Crippen molar-refractivity contribution in [1.29, 1.82) is 0 Å². The standard InChI is InChI=1S/C27H29F3N4O3S/c1-16-14-21(27(28,29)30)32-34(16)15-22(35)33-12-10-18(11-13-33)25-31-23(26(36)37)24(38(25)2)20-9-5-7-17-6-3-4-8-19(17)20/h3-4,6,8,14,18,20H,5,7,9-13,15H2,1-2H3. The second-order valence-electron chi connectivity index (χ2n) is 10.1. The number of rotatable bonds is 5. The fourth-order valence-corrected chi connectivity index (χ4v) is 8.08. The van der Waals surface area contributed by atoms with Crippen molar-refractivity contribution < 1.29 is 27.9 Å². The van der Waals surface area contributed by atoms with Crippen LogP contribution in [0.5, 0.6) is 0 Å². The van der Waals surface area contributed by atoms with Gasteiger partial charge >= 0.3 is 6.18 Å². The van der Waals surface area contributed by atoms with Crippen LogP contribution in [-0.4, -0.2) is 44.6 Å². The summed E-state index contributed by atoms with van der Waals surface area (Å²) >= 11 is 0. The van der Waals surface area contributed by atoms with Crippen molar-refractivity contribution in [3.05, 3.63) is 68.4 Å². The van der Waals surface area contributed by atoms with Gasteiger partial charge in [-0.3, -0.25) is 9.48 Å². The summed E-state index contributed by atoms with van der Waals surface area (Å²) in [5.74, 6) is -1.51. The van der Waals surface area contributed by atoms with E-state index in [-0.39, 0.29) is 35.7 Å². The number of carboxylic acids is 1. The second kappa shape index (κ2) is 10.2. The van der Waals surface area contributed by atoms with Gasteiger partial charge in [0.25, 0.3) is 0 Å². The Morgan fingerprint density at radius 1 is 1.16 bits per heavy atom. The van der Waals surface area contributed by atoms with E-state index in [4.69, 9.17) is 0 Å². The summed E-state index contributed by atoms with van der Waals surface area (Å²) in [6.45, 7) is 2.09. The molecular weight excluding hydrogens is 517 g/mol. The summed E-state index contributed by atoms with van der Waals surface area (Å²) in [5.41, 5.74) is 1.74. The molecule has 2 atom stereocenters. The Labute approximate surface area is 221 Å². The van der Waals surface area contributed by atoms with Crippen molar-refractivity contribution >= 4 is 22.3 Å². The number of amides is 1. The summed E-state index contributed by atoms with van der Waals surface area (Å²) in [5, 5.41) is 16.6. The van der Waals surface area contributed by atoms with Gasteiger partial charge in [-0.2, -0.15) is 23.3 Å². The highest BCUT2D eigenvalue weighted by Crippen LogP contribution is 2.47. The van der Waals surface area contributed by atoms with Crippen LogP contribution in [-0.2, 0) is 30.2 Å². The Kier molecular flexibility index (Phi) is 7.06. The van der Waals surface area contributed by atoms with Crippen LogP contribution in [0.25, 0.3) is 0 Å². The number of aryl methyl sites for hydroxylation is 2. The zero-order valence-corrected chi connectivity index (χ0v) is 22.1. The zero-order chi connectivity index (χ0) is 27.2. The number of benzene rings is 1. The Hall–Kier alpha value is -3.21. The first-order valence-electron chi connectivity index (χ1n) is 12.7. The van der Waals surface area contributed by atoms with Gasteiger partial charge < -0.3 is 14.8 Å². The van der Waals surface area contributed by atoms with Gasteiger partial charge in [-0.15, -0.1) is 0 Å². The molecule has 3 aromatic rings. The van der Waals surface area contributed by atoms with Gasteiger partial charge in [-0.1, -0.05) is 24.3 Å². The number of nitrogens with zero attached hydrogens (tertiary/aromatic N) is 4. The molecule has 3 heterocycles. The third-order valence-electron chi connectivity index (χ3n) is 7.73. The highest BCUT2D eigenvalue weighted by molar-refractivity contribution is 7.30. The third-order valence-corrected chi connectivity index (χ3v) is 9.92. The fourth-order valence-electron chi connectivity index (χ4n) is 5.80. The molecule has 2 aliphatic rings. The molecule has 1 aliphatic carbocycles. The molecule has 0 N–H and O–H groups in total. The molecule has 0 spiro atoms. The van der Waals surface area contributed by atoms with Crippen molar-refractivity contribution in [3.63, 3.8) is 0 Å². The first kappa shape index (κ1) is 26.4. The van der Waals surface area contributed by atoms with Gasteiger partial charge in [0, 0.05) is 29.3 Å². The summed E-state index contributed by atoms with van der Waals surface area (Å²) in [4.78, 5) is 32.1. The Morgan fingerprint density at radius 3 is 2.53 bits per heavy atom. The van der Waals surface area contributed by atoms with E-state index in [0.717, 1.165) is 39.9 Å². The molecule has 5 rings (SSSR count). The van der Waals surface area contributed by atoms with Crippen molar-refractivity contribution in [2.45, 2.75) is 63.6 Å². The number of likely N-dealkylation sites (tertiary alicyclic amines) is 1. The summed E-state index contributed by atoms with van der Waals surface area (Å²) in [7, 11) is -0.479. The number of aromatic carboxylic acids is 1. The van der Waals surface area contributed by atoms with Gasteiger partial charge in [0.15, 0.2) is 10.6 Å². The molecule has 1 fully saturated rings. The van der Waals surface area contributed by atoms with Gasteiger partial charge in [0.1, 0.15) is 18.5 Å². The van der Waals surface area contributed by atoms with E-state index >= 15 is 0 Å². The summed E-state index contributed by atoms with van der Waals surface area (Å²) < 4.78 is 40.0. The van der Waals surface area contributed by atoms with E-state index in [9.17, 15) is 27.9 Å². The van der Waals surface area contributed by atoms with E-state index < -0.39 is 28.3 Å². The van der Waals surface area contributed by atoms with E-state index in [1.54, 1.807) is 4.90 Å². The quantitative estimate of drug-likeness (QED) is 0.449. The normalized spacial score (nSPS) is 18.9. The number of aromatic nitrogens is 3. The third kappa shape index (κ3) is 4.95. The van der Waals surface area contributed by atoms with Crippen LogP contribution in [0.1, 0.15) is 80.4 Å². The van der Waals surface area contributed by atoms with Crippen LogP contribution in [0.2, 0.25) is 0 Å². The van der Waals surface area contributed by atoms with Gasteiger partial charge in [-0.25, -0.2) is 0 Å². The Balaban J connectivity index is 1.32. The molecule has 1 amide bonds. The van der Waals surface area contributed by atoms with Crippen LogP contribution in [0.3, 0.4) is 0 Å². The van der Waals surface area contributed by atoms with Crippen LogP contribution in [0.15, 0.2) is 30.3 Å². The number of thiazole rings is 1. The molecule has 11 heteroatoms. The molecule has 0 radical (unpaired) electrons. The number of piperidine rings is 1. The molecule has 202 valence electrons. The summed E-state index contributed by atoms with van der Waals surface area (Å²) in [6.07, 6.45) is 1.54.